The van der Waals surface area contributed by atoms with E-state index < -0.39 is 0 Å². The minimum absolute atomic E-state index is 0.131. The smallest absolute Gasteiger partial charge is 0.260 e. The van der Waals surface area contributed by atoms with Crippen LogP contribution in [0.15, 0.2) is 36.4 Å². The van der Waals surface area contributed by atoms with E-state index in [0.717, 1.165) is 35.6 Å². The first kappa shape index (κ1) is 23.3. The fourth-order valence-electron chi connectivity index (χ4n) is 3.74. The number of thiazole rings is 1. The van der Waals surface area contributed by atoms with Gasteiger partial charge in [-0.15, -0.1) is 0 Å². The fourth-order valence-corrected chi connectivity index (χ4v) is 4.76. The van der Waals surface area contributed by atoms with Gasteiger partial charge in [0.25, 0.3) is 5.91 Å². The zero-order valence-electron chi connectivity index (χ0n) is 19.2. The Bertz CT molecular complexity index is 1100. The van der Waals surface area contributed by atoms with E-state index in [9.17, 15) is 4.79 Å². The number of aromatic nitrogens is 1. The third-order valence-corrected chi connectivity index (χ3v) is 6.55. The van der Waals surface area contributed by atoms with E-state index >= 15 is 0 Å². The van der Waals surface area contributed by atoms with Gasteiger partial charge in [-0.3, -0.25) is 14.6 Å². The number of carbonyl (C=O) groups is 1. The van der Waals surface area contributed by atoms with Crippen LogP contribution >= 0.6 is 11.3 Å². The molecule has 0 saturated carbocycles. The number of amides is 1. The highest BCUT2D eigenvalue weighted by atomic mass is 32.1. The molecule has 0 spiro atoms. The third-order valence-electron chi connectivity index (χ3n) is 5.51. The molecule has 0 aliphatic carbocycles. The molecule has 176 valence electrons. The Kier molecular flexibility index (Phi) is 7.64. The van der Waals surface area contributed by atoms with Crippen LogP contribution in [-0.4, -0.2) is 76.0 Å². The molecule has 4 rings (SSSR count). The van der Waals surface area contributed by atoms with Gasteiger partial charge in [-0.2, -0.15) is 0 Å². The maximum absolute atomic E-state index is 13.7. The summed E-state index contributed by atoms with van der Waals surface area (Å²) in [5.41, 5.74) is 1.36. The van der Waals surface area contributed by atoms with Crippen LogP contribution in [-0.2, 0) is 4.74 Å². The van der Waals surface area contributed by atoms with E-state index in [1.165, 1.54) is 11.3 Å². The van der Waals surface area contributed by atoms with Gasteiger partial charge in [0.2, 0.25) is 0 Å². The van der Waals surface area contributed by atoms with Gasteiger partial charge in [-0.1, -0.05) is 11.3 Å². The van der Waals surface area contributed by atoms with Crippen molar-refractivity contribution < 1.29 is 23.7 Å². The van der Waals surface area contributed by atoms with Crippen molar-refractivity contribution in [1.82, 2.24) is 9.88 Å². The molecular weight excluding hydrogens is 442 g/mol. The van der Waals surface area contributed by atoms with Gasteiger partial charge in [-0.25, -0.2) is 4.98 Å². The summed E-state index contributed by atoms with van der Waals surface area (Å²) in [4.78, 5) is 22.5. The first-order valence-electron chi connectivity index (χ1n) is 11.0. The molecule has 1 saturated heterocycles. The lowest BCUT2D eigenvalue weighted by molar-refractivity contribution is 0.0391. The van der Waals surface area contributed by atoms with Gasteiger partial charge in [0.05, 0.1) is 44.3 Å². The Morgan fingerprint density at radius 2 is 1.91 bits per heavy atom. The van der Waals surface area contributed by atoms with Crippen LogP contribution in [0.25, 0.3) is 10.2 Å². The quantitative estimate of drug-likeness (QED) is 0.471. The number of methoxy groups -OCH3 is 2. The van der Waals surface area contributed by atoms with Crippen LogP contribution in [0.5, 0.6) is 17.2 Å². The Labute approximate surface area is 197 Å². The Hall–Kier alpha value is -2.88. The molecule has 0 atom stereocenters. The van der Waals surface area contributed by atoms with Gasteiger partial charge in [0.15, 0.2) is 16.6 Å². The molecule has 0 unspecified atom stereocenters. The molecule has 0 bridgehead atoms. The van der Waals surface area contributed by atoms with Crippen molar-refractivity contribution >= 4 is 32.6 Å². The molecule has 1 fully saturated rings. The van der Waals surface area contributed by atoms with Gasteiger partial charge < -0.3 is 18.9 Å². The highest BCUT2D eigenvalue weighted by Crippen LogP contribution is 2.33. The summed E-state index contributed by atoms with van der Waals surface area (Å²) in [5, 5.41) is 0.659. The first-order valence-corrected chi connectivity index (χ1v) is 11.8. The van der Waals surface area contributed by atoms with Gasteiger partial charge in [0, 0.05) is 31.7 Å². The molecule has 0 radical (unpaired) electrons. The van der Waals surface area contributed by atoms with Crippen LogP contribution in [0, 0.1) is 0 Å². The third kappa shape index (κ3) is 5.38. The topological polar surface area (TPSA) is 73.4 Å². The predicted molar refractivity (Wildman–Crippen MR) is 129 cm³/mol. The first-order chi connectivity index (χ1) is 16.1. The Morgan fingerprint density at radius 3 is 2.64 bits per heavy atom. The Morgan fingerprint density at radius 1 is 1.12 bits per heavy atom. The molecular formula is C24H29N3O5S. The average Bonchev–Trinajstić information content (AvgIpc) is 3.27. The normalized spacial score (nSPS) is 14.3. The zero-order chi connectivity index (χ0) is 23.2. The average molecular weight is 472 g/mol. The molecule has 1 amide bonds. The van der Waals surface area contributed by atoms with Gasteiger partial charge in [-0.05, 0) is 43.3 Å². The van der Waals surface area contributed by atoms with Crippen molar-refractivity contribution in [2.75, 3.05) is 65.1 Å². The molecule has 0 N–H and O–H groups in total. The summed E-state index contributed by atoms with van der Waals surface area (Å²) >= 11 is 1.49. The number of rotatable bonds is 9. The van der Waals surface area contributed by atoms with Crippen molar-refractivity contribution in [3.8, 4) is 17.2 Å². The number of nitrogens with zero attached hydrogens (tertiary/aromatic N) is 3. The van der Waals surface area contributed by atoms with Crippen molar-refractivity contribution in [1.29, 1.82) is 0 Å². The molecule has 3 aromatic rings. The lowest BCUT2D eigenvalue weighted by Crippen LogP contribution is -2.43. The number of carbonyl (C=O) groups excluding carboxylic acids is 1. The van der Waals surface area contributed by atoms with E-state index in [1.54, 1.807) is 37.3 Å². The van der Waals surface area contributed by atoms with Crippen molar-refractivity contribution in [2.24, 2.45) is 0 Å². The summed E-state index contributed by atoms with van der Waals surface area (Å²) in [6.07, 6.45) is 0. The minimum Gasteiger partial charge on any atom is -0.494 e. The van der Waals surface area contributed by atoms with Crippen LogP contribution in [0.2, 0.25) is 0 Å². The number of hydrogen-bond donors (Lipinski definition) is 0. The second-order valence-electron chi connectivity index (χ2n) is 7.54. The second-order valence-corrected chi connectivity index (χ2v) is 8.55. The Balaban J connectivity index is 1.65. The lowest BCUT2D eigenvalue weighted by atomic mass is 10.1. The maximum Gasteiger partial charge on any atom is 0.260 e. The standard InChI is InChI=1S/C24H29N3O5S/c1-4-32-18-6-7-19-22(16-18)33-24(25-19)27(10-9-26-11-13-31-14-12-26)23(28)17-5-8-20(29-2)21(15-17)30-3/h5-8,15-16H,4,9-14H2,1-3H3. The second kappa shape index (κ2) is 10.8. The molecule has 33 heavy (non-hydrogen) atoms. The summed E-state index contributed by atoms with van der Waals surface area (Å²) in [6, 6.07) is 11.0. The van der Waals surface area contributed by atoms with Gasteiger partial charge >= 0.3 is 0 Å². The van der Waals surface area contributed by atoms with E-state index in [4.69, 9.17) is 23.9 Å². The minimum atomic E-state index is -0.131. The number of hydrogen-bond acceptors (Lipinski definition) is 8. The summed E-state index contributed by atoms with van der Waals surface area (Å²) < 4.78 is 22.8. The number of benzene rings is 2. The van der Waals surface area contributed by atoms with Crippen LogP contribution < -0.4 is 19.1 Å². The highest BCUT2D eigenvalue weighted by molar-refractivity contribution is 7.22. The summed E-state index contributed by atoms with van der Waals surface area (Å²) in [7, 11) is 3.14. The van der Waals surface area contributed by atoms with E-state index in [0.29, 0.717) is 48.6 Å². The number of ether oxygens (including phenoxy) is 4. The van der Waals surface area contributed by atoms with E-state index in [1.807, 2.05) is 25.1 Å². The lowest BCUT2D eigenvalue weighted by Gasteiger charge is -2.29. The molecule has 1 aromatic heterocycles. The molecule has 8 nitrogen and oxygen atoms in total. The fraction of sp³-hybridized carbons (Fsp3) is 0.417. The number of fused-ring (bicyclic) bond motifs is 1. The van der Waals surface area contributed by atoms with Crippen LogP contribution in [0.1, 0.15) is 17.3 Å². The number of morpholine rings is 1. The predicted octanol–water partition coefficient (Wildman–Crippen LogP) is 3.69. The molecule has 2 aromatic carbocycles. The van der Waals surface area contributed by atoms with Gasteiger partial charge in [0.1, 0.15) is 5.75 Å². The molecule has 1 aliphatic rings. The monoisotopic (exact) mass is 471 g/mol. The van der Waals surface area contributed by atoms with Crippen molar-refractivity contribution in [3.05, 3.63) is 42.0 Å². The van der Waals surface area contributed by atoms with Crippen LogP contribution in [0.4, 0.5) is 5.13 Å². The SMILES string of the molecule is CCOc1ccc2nc(N(CCN3CCOCC3)C(=O)c3ccc(OC)c(OC)c3)sc2c1. The molecule has 1 aliphatic heterocycles. The highest BCUT2D eigenvalue weighted by Gasteiger charge is 2.24. The largest absolute Gasteiger partial charge is 0.494 e. The number of anilines is 1. The van der Waals surface area contributed by atoms with Crippen molar-refractivity contribution in [3.63, 3.8) is 0 Å². The zero-order valence-corrected chi connectivity index (χ0v) is 20.0. The molecule has 9 heteroatoms. The van der Waals surface area contributed by atoms with Crippen LogP contribution in [0.3, 0.4) is 0 Å². The van der Waals surface area contributed by atoms with E-state index in [-0.39, 0.29) is 5.91 Å². The van der Waals surface area contributed by atoms with E-state index in [2.05, 4.69) is 4.90 Å². The summed E-state index contributed by atoms with van der Waals surface area (Å²) in [5.74, 6) is 1.76. The maximum atomic E-state index is 13.7. The summed E-state index contributed by atoms with van der Waals surface area (Å²) in [6.45, 7) is 6.95. The van der Waals surface area contributed by atoms with Crippen molar-refractivity contribution in [2.45, 2.75) is 6.92 Å². The molecule has 2 heterocycles.